The van der Waals surface area contributed by atoms with Gasteiger partial charge in [-0.3, -0.25) is 9.78 Å². The molecule has 1 atom stereocenters. The lowest BCUT2D eigenvalue weighted by atomic mass is 9.92. The number of nitrogens with zero attached hydrogens (tertiary/aromatic N) is 3. The van der Waals surface area contributed by atoms with Crippen molar-refractivity contribution < 1.29 is 9.53 Å². The van der Waals surface area contributed by atoms with Gasteiger partial charge in [-0.05, 0) is 42.3 Å². The summed E-state index contributed by atoms with van der Waals surface area (Å²) in [6, 6.07) is 12.9. The predicted molar refractivity (Wildman–Crippen MR) is 99.7 cm³/mol. The van der Waals surface area contributed by atoms with E-state index in [-0.39, 0.29) is 16.8 Å². The number of pyridine rings is 1. The zero-order valence-corrected chi connectivity index (χ0v) is 15.1. The van der Waals surface area contributed by atoms with Crippen LogP contribution in [0.2, 0.25) is 0 Å². The minimum atomic E-state index is 0.00878. The minimum Gasteiger partial charge on any atom is -0.373 e. The van der Waals surface area contributed by atoms with Crippen LogP contribution >= 0.6 is 11.8 Å². The molecule has 0 bridgehead atoms. The zero-order chi connectivity index (χ0) is 18.0. The van der Waals surface area contributed by atoms with Crippen molar-refractivity contribution in [3.63, 3.8) is 0 Å². The van der Waals surface area contributed by atoms with Gasteiger partial charge in [-0.25, -0.2) is 0 Å². The third-order valence-corrected chi connectivity index (χ3v) is 6.47. The molecule has 1 unspecified atom stereocenters. The van der Waals surface area contributed by atoms with Crippen LogP contribution in [0.1, 0.15) is 27.9 Å². The first-order valence-corrected chi connectivity index (χ1v) is 9.60. The first kappa shape index (κ1) is 17.1. The average molecular weight is 365 g/mol. The van der Waals surface area contributed by atoms with E-state index in [1.165, 1.54) is 0 Å². The molecule has 6 heteroatoms. The van der Waals surface area contributed by atoms with Gasteiger partial charge in [0.1, 0.15) is 0 Å². The summed E-state index contributed by atoms with van der Waals surface area (Å²) < 4.78 is 6.17. The first-order valence-electron chi connectivity index (χ1n) is 8.61. The Kier molecular flexibility index (Phi) is 4.66. The summed E-state index contributed by atoms with van der Waals surface area (Å²) >= 11 is 1.92. The quantitative estimate of drug-likeness (QED) is 0.833. The maximum atomic E-state index is 12.6. The van der Waals surface area contributed by atoms with Gasteiger partial charge in [0.05, 0.1) is 29.1 Å². The van der Waals surface area contributed by atoms with Crippen LogP contribution in [-0.4, -0.2) is 45.5 Å². The second-order valence-electron chi connectivity index (χ2n) is 6.84. The summed E-state index contributed by atoms with van der Waals surface area (Å²) in [5, 5.41) is 8.99. The number of thioether (sulfide) groups is 1. The Labute approximate surface area is 157 Å². The molecule has 0 saturated carbocycles. The molecule has 1 spiro atoms. The number of carbonyl (C=O) groups is 1. The molecule has 2 aliphatic heterocycles. The van der Waals surface area contributed by atoms with Gasteiger partial charge in [0.25, 0.3) is 5.91 Å². The topological polar surface area (TPSA) is 66.2 Å². The van der Waals surface area contributed by atoms with Crippen molar-refractivity contribution in [3.05, 3.63) is 65.5 Å². The smallest absolute Gasteiger partial charge is 0.253 e. The molecule has 26 heavy (non-hydrogen) atoms. The van der Waals surface area contributed by atoms with E-state index in [9.17, 15) is 4.79 Å². The number of likely N-dealkylation sites (tertiary alicyclic amines) is 1. The molecule has 132 valence electrons. The fourth-order valence-corrected chi connectivity index (χ4v) is 5.07. The number of amides is 1. The van der Waals surface area contributed by atoms with Crippen molar-refractivity contribution in [2.45, 2.75) is 23.9 Å². The van der Waals surface area contributed by atoms with Crippen LogP contribution in [0.4, 0.5) is 0 Å². The molecule has 2 aromatic rings. The highest BCUT2D eigenvalue weighted by Crippen LogP contribution is 2.46. The number of hydrogen-bond donors (Lipinski definition) is 0. The molecule has 1 amide bonds. The van der Waals surface area contributed by atoms with E-state index in [0.29, 0.717) is 17.7 Å². The highest BCUT2D eigenvalue weighted by atomic mass is 32.2. The van der Waals surface area contributed by atoms with Gasteiger partial charge in [-0.1, -0.05) is 6.07 Å². The average Bonchev–Trinajstić information content (AvgIpc) is 3.10. The Morgan fingerprint density at radius 1 is 1.35 bits per heavy atom. The second kappa shape index (κ2) is 7.10. The summed E-state index contributed by atoms with van der Waals surface area (Å²) in [5.74, 6) is 0.978. The Bertz CT molecular complexity index is 844. The monoisotopic (exact) mass is 365 g/mol. The fraction of sp³-hybridized carbons (Fsp3) is 0.350. The van der Waals surface area contributed by atoms with Crippen molar-refractivity contribution in [2.24, 2.45) is 0 Å². The summed E-state index contributed by atoms with van der Waals surface area (Å²) in [5.41, 5.74) is 2.24. The molecule has 3 heterocycles. The lowest BCUT2D eigenvalue weighted by molar-refractivity contribution is 0.0255. The molecule has 2 fully saturated rings. The highest BCUT2D eigenvalue weighted by Gasteiger charge is 2.51. The molecule has 1 aromatic heterocycles. The van der Waals surface area contributed by atoms with Crippen LogP contribution in [0.15, 0.2) is 48.8 Å². The van der Waals surface area contributed by atoms with Crippen LogP contribution < -0.4 is 0 Å². The third-order valence-electron chi connectivity index (χ3n) is 4.89. The highest BCUT2D eigenvalue weighted by molar-refractivity contribution is 8.01. The Morgan fingerprint density at radius 3 is 2.92 bits per heavy atom. The van der Waals surface area contributed by atoms with Gasteiger partial charge in [0, 0.05) is 36.8 Å². The Morgan fingerprint density at radius 2 is 2.15 bits per heavy atom. The number of hydrogen-bond acceptors (Lipinski definition) is 5. The Balaban J connectivity index is 1.30. The van der Waals surface area contributed by atoms with Gasteiger partial charge in [0.2, 0.25) is 0 Å². The molecule has 0 aliphatic carbocycles. The van der Waals surface area contributed by atoms with Gasteiger partial charge < -0.3 is 9.64 Å². The van der Waals surface area contributed by atoms with Gasteiger partial charge in [-0.15, -0.1) is 11.8 Å². The number of benzene rings is 1. The first-order chi connectivity index (χ1) is 12.7. The third kappa shape index (κ3) is 3.46. The zero-order valence-electron chi connectivity index (χ0n) is 14.3. The van der Waals surface area contributed by atoms with Crippen LogP contribution in [0.3, 0.4) is 0 Å². The maximum Gasteiger partial charge on any atom is 0.253 e. The van der Waals surface area contributed by atoms with Crippen molar-refractivity contribution in [2.75, 3.05) is 18.8 Å². The van der Waals surface area contributed by atoms with E-state index in [2.05, 4.69) is 11.1 Å². The molecule has 0 radical (unpaired) electrons. The standard InChI is InChI=1S/C20H19N3O2S/c21-10-16-2-1-3-17(8-16)19(24)23-13-20(14-23)9-18(12-26-20)25-11-15-4-6-22-7-5-15/h1-8,18H,9,11-14H2. The van der Waals surface area contributed by atoms with E-state index in [1.54, 1.807) is 36.7 Å². The number of ether oxygens (including phenoxy) is 1. The van der Waals surface area contributed by atoms with Crippen LogP contribution in [0, 0.1) is 11.3 Å². The summed E-state index contributed by atoms with van der Waals surface area (Å²) in [4.78, 5) is 18.5. The van der Waals surface area contributed by atoms with E-state index < -0.39 is 0 Å². The molecular formula is C20H19N3O2S. The number of nitriles is 1. The molecule has 2 saturated heterocycles. The van der Waals surface area contributed by atoms with E-state index in [1.807, 2.05) is 28.8 Å². The molecule has 5 nitrogen and oxygen atoms in total. The van der Waals surface area contributed by atoms with Crippen LogP contribution in [-0.2, 0) is 11.3 Å². The van der Waals surface area contributed by atoms with Crippen molar-refractivity contribution in [1.29, 1.82) is 5.26 Å². The predicted octanol–water partition coefficient (Wildman–Crippen LogP) is 2.87. The van der Waals surface area contributed by atoms with Gasteiger partial charge in [-0.2, -0.15) is 5.26 Å². The second-order valence-corrected chi connectivity index (χ2v) is 8.33. The van der Waals surface area contributed by atoms with Crippen molar-refractivity contribution >= 4 is 17.7 Å². The number of aromatic nitrogens is 1. The number of rotatable bonds is 4. The normalized spacial score (nSPS) is 20.6. The lowest BCUT2D eigenvalue weighted by Gasteiger charge is -2.47. The summed E-state index contributed by atoms with van der Waals surface area (Å²) in [6.45, 7) is 2.11. The SMILES string of the molecule is N#Cc1cccc(C(=O)N2CC3(CC(OCc4ccncc4)CS3)C2)c1. The minimum absolute atomic E-state index is 0.00878. The van der Waals surface area contributed by atoms with Crippen molar-refractivity contribution in [3.8, 4) is 6.07 Å². The lowest BCUT2D eigenvalue weighted by Crippen LogP contribution is -2.60. The number of carbonyl (C=O) groups excluding carboxylic acids is 1. The molecule has 2 aliphatic rings. The Hall–Kier alpha value is -2.36. The van der Waals surface area contributed by atoms with Gasteiger partial charge in [0.15, 0.2) is 0 Å². The van der Waals surface area contributed by atoms with Crippen molar-refractivity contribution in [1.82, 2.24) is 9.88 Å². The molecular weight excluding hydrogens is 346 g/mol. The largest absolute Gasteiger partial charge is 0.373 e. The van der Waals surface area contributed by atoms with E-state index in [0.717, 1.165) is 30.8 Å². The summed E-state index contributed by atoms with van der Waals surface area (Å²) in [6.07, 6.45) is 4.76. The summed E-state index contributed by atoms with van der Waals surface area (Å²) in [7, 11) is 0. The fourth-order valence-electron chi connectivity index (χ4n) is 3.52. The molecule has 1 aromatic carbocycles. The van der Waals surface area contributed by atoms with E-state index in [4.69, 9.17) is 10.00 Å². The molecule has 4 rings (SSSR count). The van der Waals surface area contributed by atoms with E-state index >= 15 is 0 Å². The van der Waals surface area contributed by atoms with Crippen LogP contribution in [0.5, 0.6) is 0 Å². The molecule has 0 N–H and O–H groups in total. The van der Waals surface area contributed by atoms with Gasteiger partial charge >= 0.3 is 0 Å². The van der Waals surface area contributed by atoms with Crippen LogP contribution in [0.25, 0.3) is 0 Å². The maximum absolute atomic E-state index is 12.6.